The van der Waals surface area contributed by atoms with Crippen LogP contribution >= 0.6 is 11.3 Å². The maximum atomic E-state index is 12.6. The predicted molar refractivity (Wildman–Crippen MR) is 116 cm³/mol. The molecule has 29 heavy (non-hydrogen) atoms. The first kappa shape index (κ1) is 19.1. The normalized spacial score (nSPS) is 11.8. The molecule has 0 amide bonds. The van der Waals surface area contributed by atoms with E-state index in [1.165, 1.54) is 29.7 Å². The van der Waals surface area contributed by atoms with Gasteiger partial charge in [0.2, 0.25) is 5.13 Å². The molecule has 0 fully saturated rings. The molecule has 4 aromatic rings. The van der Waals surface area contributed by atoms with Crippen LogP contribution in [0.4, 0.5) is 5.13 Å². The molecule has 0 atom stereocenters. The Morgan fingerprint density at radius 1 is 1.00 bits per heavy atom. The van der Waals surface area contributed by atoms with Gasteiger partial charge in [-0.05, 0) is 43.3 Å². The first-order chi connectivity index (χ1) is 14.0. The lowest BCUT2D eigenvalue weighted by Gasteiger charge is -2.09. The molecule has 0 aliphatic carbocycles. The Morgan fingerprint density at radius 3 is 2.52 bits per heavy atom. The summed E-state index contributed by atoms with van der Waals surface area (Å²) in [6.07, 6.45) is 1.51. The second kappa shape index (κ2) is 8.02. The topological polar surface area (TPSA) is 80.7 Å². The molecule has 0 unspecified atom stereocenters. The third-order valence-electron chi connectivity index (χ3n) is 4.09. The number of hydrogen-bond donors (Lipinski definition) is 1. The Kier molecular flexibility index (Phi) is 5.28. The molecule has 1 aromatic heterocycles. The number of benzene rings is 3. The highest BCUT2D eigenvalue weighted by molar-refractivity contribution is 7.87. The van der Waals surface area contributed by atoms with Crippen LogP contribution in [0.25, 0.3) is 10.2 Å². The number of hydrazone groups is 1. The fraction of sp³-hybridized carbons (Fsp3) is 0.0476. The minimum absolute atomic E-state index is 0.0995. The number of para-hydroxylation sites is 2. The van der Waals surface area contributed by atoms with Crippen molar-refractivity contribution < 1.29 is 12.6 Å². The molecular weight excluding hydrogens is 406 g/mol. The molecule has 8 heteroatoms. The van der Waals surface area contributed by atoms with Gasteiger partial charge < -0.3 is 4.18 Å². The number of hydrogen-bond acceptors (Lipinski definition) is 7. The fourth-order valence-electron chi connectivity index (χ4n) is 2.61. The second-order valence-corrected chi connectivity index (χ2v) is 8.82. The Bertz CT molecular complexity index is 1250. The summed E-state index contributed by atoms with van der Waals surface area (Å²) in [4.78, 5) is 4.54. The molecule has 6 nitrogen and oxygen atoms in total. The molecule has 0 aliphatic heterocycles. The van der Waals surface area contributed by atoms with E-state index in [1.54, 1.807) is 36.4 Å². The van der Waals surface area contributed by atoms with Crippen molar-refractivity contribution in [3.05, 3.63) is 83.9 Å². The second-order valence-electron chi connectivity index (χ2n) is 6.25. The fourth-order valence-corrected chi connectivity index (χ4v) is 4.38. The molecule has 4 rings (SSSR count). The van der Waals surface area contributed by atoms with Crippen LogP contribution in [0.15, 0.2) is 82.8 Å². The van der Waals surface area contributed by atoms with E-state index >= 15 is 0 Å². The highest BCUT2D eigenvalue weighted by Gasteiger charge is 2.17. The molecular formula is C21H17N3O3S2. The molecule has 0 spiro atoms. The van der Waals surface area contributed by atoms with Gasteiger partial charge in [-0.2, -0.15) is 13.5 Å². The van der Waals surface area contributed by atoms with E-state index in [-0.39, 0.29) is 10.6 Å². The van der Waals surface area contributed by atoms with E-state index in [4.69, 9.17) is 4.18 Å². The van der Waals surface area contributed by atoms with Gasteiger partial charge in [0.1, 0.15) is 4.90 Å². The number of nitrogens with one attached hydrogen (secondary N) is 1. The van der Waals surface area contributed by atoms with Crippen LogP contribution in [0.3, 0.4) is 0 Å². The zero-order chi connectivity index (χ0) is 20.3. The molecule has 1 N–H and O–H groups in total. The van der Waals surface area contributed by atoms with Gasteiger partial charge in [0, 0.05) is 5.56 Å². The standard InChI is InChI=1S/C21H17N3O3S2/c1-15-10-12-17(13-11-15)29(25,26)27-19-8-4-2-6-16(19)14-22-24-21-23-18-7-3-5-9-20(18)28-21/h2-14H,1H3,(H,23,24). The van der Waals surface area contributed by atoms with Gasteiger partial charge in [0.05, 0.1) is 16.4 Å². The predicted octanol–water partition coefficient (Wildman–Crippen LogP) is 4.82. The van der Waals surface area contributed by atoms with Gasteiger partial charge in [-0.1, -0.05) is 53.3 Å². The summed E-state index contributed by atoms with van der Waals surface area (Å²) in [5.74, 6) is 0.197. The minimum atomic E-state index is -3.94. The first-order valence-electron chi connectivity index (χ1n) is 8.76. The smallest absolute Gasteiger partial charge is 0.339 e. The average Bonchev–Trinajstić information content (AvgIpc) is 3.12. The van der Waals surface area contributed by atoms with Crippen molar-refractivity contribution in [3.8, 4) is 5.75 Å². The average molecular weight is 424 g/mol. The summed E-state index contributed by atoms with van der Waals surface area (Å²) < 4.78 is 31.5. The molecule has 3 aromatic carbocycles. The number of nitrogens with zero attached hydrogens (tertiary/aromatic N) is 2. The van der Waals surface area contributed by atoms with E-state index in [2.05, 4.69) is 15.5 Å². The van der Waals surface area contributed by atoms with Crippen molar-refractivity contribution in [2.45, 2.75) is 11.8 Å². The molecule has 0 saturated heterocycles. The molecule has 0 radical (unpaired) electrons. The van der Waals surface area contributed by atoms with Crippen LogP contribution in [-0.2, 0) is 10.1 Å². The number of thiazole rings is 1. The monoisotopic (exact) mass is 423 g/mol. The number of rotatable bonds is 6. The van der Waals surface area contributed by atoms with Gasteiger partial charge in [-0.3, -0.25) is 5.43 Å². The first-order valence-corrected chi connectivity index (χ1v) is 11.0. The molecule has 146 valence electrons. The van der Waals surface area contributed by atoms with E-state index in [0.29, 0.717) is 10.7 Å². The summed E-state index contributed by atoms with van der Waals surface area (Å²) >= 11 is 1.48. The SMILES string of the molecule is Cc1ccc(S(=O)(=O)Oc2ccccc2C=NNc2nc3ccccc3s2)cc1. The van der Waals surface area contributed by atoms with Crippen molar-refractivity contribution in [3.63, 3.8) is 0 Å². The largest absolute Gasteiger partial charge is 0.378 e. The lowest BCUT2D eigenvalue weighted by atomic mass is 10.2. The van der Waals surface area contributed by atoms with E-state index in [0.717, 1.165) is 15.8 Å². The van der Waals surface area contributed by atoms with Crippen molar-refractivity contribution >= 4 is 43.0 Å². The van der Waals surface area contributed by atoms with E-state index in [9.17, 15) is 8.42 Å². The highest BCUT2D eigenvalue weighted by Crippen LogP contribution is 2.26. The number of aryl methyl sites for hydroxylation is 1. The third kappa shape index (κ3) is 4.44. The zero-order valence-electron chi connectivity index (χ0n) is 15.4. The van der Waals surface area contributed by atoms with Crippen molar-refractivity contribution in [1.29, 1.82) is 0 Å². The zero-order valence-corrected chi connectivity index (χ0v) is 17.1. The maximum absolute atomic E-state index is 12.6. The Morgan fingerprint density at radius 2 is 1.72 bits per heavy atom. The molecule has 0 aliphatic rings. The highest BCUT2D eigenvalue weighted by atomic mass is 32.2. The summed E-state index contributed by atoms with van der Waals surface area (Å²) in [6.45, 7) is 1.89. The van der Waals surface area contributed by atoms with Gasteiger partial charge in [0.25, 0.3) is 0 Å². The maximum Gasteiger partial charge on any atom is 0.339 e. The Balaban J connectivity index is 1.53. The summed E-state index contributed by atoms with van der Waals surface area (Å²) in [6, 6.07) is 21.1. The van der Waals surface area contributed by atoms with Crippen molar-refractivity contribution in [1.82, 2.24) is 4.98 Å². The number of anilines is 1. The molecule has 0 bridgehead atoms. The summed E-state index contributed by atoms with van der Waals surface area (Å²) in [7, 11) is -3.94. The molecule has 0 saturated carbocycles. The number of fused-ring (bicyclic) bond motifs is 1. The third-order valence-corrected chi connectivity index (χ3v) is 6.28. The summed E-state index contributed by atoms with van der Waals surface area (Å²) in [5.41, 5.74) is 5.27. The van der Waals surface area contributed by atoms with Crippen LogP contribution < -0.4 is 9.61 Å². The lowest BCUT2D eigenvalue weighted by molar-refractivity contribution is 0.485. The quantitative estimate of drug-likeness (QED) is 0.273. The van der Waals surface area contributed by atoms with Crippen molar-refractivity contribution in [2.75, 3.05) is 5.43 Å². The van der Waals surface area contributed by atoms with Crippen LogP contribution in [0, 0.1) is 6.92 Å². The Hall–Kier alpha value is -3.23. The van der Waals surface area contributed by atoms with Crippen LogP contribution in [0.5, 0.6) is 5.75 Å². The van der Waals surface area contributed by atoms with Crippen molar-refractivity contribution in [2.24, 2.45) is 5.10 Å². The van der Waals surface area contributed by atoms with E-state index in [1.807, 2.05) is 31.2 Å². The minimum Gasteiger partial charge on any atom is -0.378 e. The summed E-state index contributed by atoms with van der Waals surface area (Å²) in [5, 5.41) is 4.83. The van der Waals surface area contributed by atoms with Gasteiger partial charge in [-0.25, -0.2) is 4.98 Å². The lowest BCUT2D eigenvalue weighted by Crippen LogP contribution is -2.11. The van der Waals surface area contributed by atoms with Crippen LogP contribution in [-0.4, -0.2) is 19.6 Å². The van der Waals surface area contributed by atoms with Gasteiger partial charge in [0.15, 0.2) is 5.75 Å². The van der Waals surface area contributed by atoms with Gasteiger partial charge in [-0.15, -0.1) is 0 Å². The van der Waals surface area contributed by atoms with Gasteiger partial charge >= 0.3 is 10.1 Å². The Labute approximate surface area is 172 Å². The van der Waals surface area contributed by atoms with Crippen LogP contribution in [0.2, 0.25) is 0 Å². The van der Waals surface area contributed by atoms with Crippen LogP contribution in [0.1, 0.15) is 11.1 Å². The molecule has 1 heterocycles. The van der Waals surface area contributed by atoms with E-state index < -0.39 is 10.1 Å². The number of aromatic nitrogens is 1.